The summed E-state index contributed by atoms with van der Waals surface area (Å²) < 4.78 is 0. The summed E-state index contributed by atoms with van der Waals surface area (Å²) in [7, 11) is 0. The van der Waals surface area contributed by atoms with Gasteiger partial charge in [0.2, 0.25) is 0 Å². The second-order valence-corrected chi connectivity index (χ2v) is 1.22. The molecular formula is C4H13N3O8. The third-order valence-electron chi connectivity index (χ3n) is 0.366. The fourth-order valence-corrected chi connectivity index (χ4v) is 0. The van der Waals surface area contributed by atoms with E-state index in [9.17, 15) is 0 Å². The first-order valence-electron chi connectivity index (χ1n) is 2.21. The van der Waals surface area contributed by atoms with Crippen LogP contribution in [0.1, 0.15) is 0 Å². The first-order valence-corrected chi connectivity index (χ1v) is 2.21. The SMILES string of the molecule is N.N.N.O=C(O)C(=O)O.O=C(O)C(=O)O. The van der Waals surface area contributed by atoms with Gasteiger partial charge in [-0.05, 0) is 0 Å². The molecule has 0 atom stereocenters. The Kier molecular flexibility index (Phi) is 27.9. The van der Waals surface area contributed by atoms with Crippen LogP contribution in [0.3, 0.4) is 0 Å². The van der Waals surface area contributed by atoms with Crippen LogP contribution in [-0.4, -0.2) is 44.3 Å². The zero-order valence-electron chi connectivity index (χ0n) is 7.54. The highest BCUT2D eigenvalue weighted by molar-refractivity contribution is 6.27. The maximum absolute atomic E-state index is 9.10. The molecule has 0 aromatic rings. The van der Waals surface area contributed by atoms with Crippen LogP contribution < -0.4 is 18.5 Å². The van der Waals surface area contributed by atoms with Crippen molar-refractivity contribution in [2.75, 3.05) is 0 Å². The van der Waals surface area contributed by atoms with E-state index in [0.717, 1.165) is 0 Å². The van der Waals surface area contributed by atoms with Crippen LogP contribution in [0.5, 0.6) is 0 Å². The van der Waals surface area contributed by atoms with Crippen LogP contribution >= 0.6 is 0 Å². The molecule has 0 rings (SSSR count). The normalized spacial score (nSPS) is 5.87. The van der Waals surface area contributed by atoms with Gasteiger partial charge in [0.25, 0.3) is 0 Å². The number of hydrogen-bond donors (Lipinski definition) is 7. The summed E-state index contributed by atoms with van der Waals surface area (Å²) in [6, 6.07) is 0. The van der Waals surface area contributed by atoms with Crippen LogP contribution in [0, 0.1) is 0 Å². The molecule has 0 fully saturated rings. The van der Waals surface area contributed by atoms with Crippen molar-refractivity contribution >= 4 is 23.9 Å². The maximum Gasteiger partial charge on any atom is 0.414 e. The van der Waals surface area contributed by atoms with E-state index in [1.54, 1.807) is 0 Å². The quantitative estimate of drug-likeness (QED) is 0.243. The zero-order valence-corrected chi connectivity index (χ0v) is 7.54. The molecule has 11 heteroatoms. The average molecular weight is 231 g/mol. The highest BCUT2D eigenvalue weighted by atomic mass is 16.4. The Hall–Kier alpha value is -2.24. The molecule has 0 aliphatic heterocycles. The highest BCUT2D eigenvalue weighted by Gasteiger charge is 2.04. The van der Waals surface area contributed by atoms with Crippen molar-refractivity contribution in [2.45, 2.75) is 0 Å². The first-order chi connectivity index (χ1) is 5.29. The molecule has 0 bridgehead atoms. The van der Waals surface area contributed by atoms with E-state index in [-0.39, 0.29) is 18.5 Å². The number of carboxylic acid groups (broad SMARTS) is 4. The van der Waals surface area contributed by atoms with Crippen molar-refractivity contribution in [2.24, 2.45) is 0 Å². The molecule has 0 amide bonds. The van der Waals surface area contributed by atoms with Gasteiger partial charge in [-0.3, -0.25) is 0 Å². The second-order valence-electron chi connectivity index (χ2n) is 1.22. The van der Waals surface area contributed by atoms with E-state index in [4.69, 9.17) is 39.6 Å². The van der Waals surface area contributed by atoms with Gasteiger partial charge < -0.3 is 38.9 Å². The Morgan fingerprint density at radius 3 is 0.533 bits per heavy atom. The molecule has 0 aromatic heterocycles. The Morgan fingerprint density at radius 2 is 0.533 bits per heavy atom. The van der Waals surface area contributed by atoms with E-state index < -0.39 is 23.9 Å². The van der Waals surface area contributed by atoms with Crippen molar-refractivity contribution in [3.63, 3.8) is 0 Å². The number of carboxylic acids is 4. The molecule has 0 aromatic carbocycles. The minimum Gasteiger partial charge on any atom is -0.473 e. The third kappa shape index (κ3) is 33.8. The predicted octanol–water partition coefficient (Wildman–Crippen LogP) is -1.20. The fourth-order valence-electron chi connectivity index (χ4n) is 0. The van der Waals surface area contributed by atoms with E-state index in [0.29, 0.717) is 0 Å². The lowest BCUT2D eigenvalue weighted by molar-refractivity contribution is -0.159. The van der Waals surface area contributed by atoms with Crippen LogP contribution in [0.2, 0.25) is 0 Å². The Labute approximate surface area is 83.1 Å². The number of carbonyl (C=O) groups is 4. The maximum atomic E-state index is 9.10. The van der Waals surface area contributed by atoms with E-state index in [1.165, 1.54) is 0 Å². The largest absolute Gasteiger partial charge is 0.473 e. The average Bonchev–Trinajstić information content (AvgIpc) is 1.88. The number of rotatable bonds is 0. The van der Waals surface area contributed by atoms with Crippen LogP contribution in [0.4, 0.5) is 0 Å². The molecule has 0 radical (unpaired) electrons. The lowest BCUT2D eigenvalue weighted by Gasteiger charge is -1.72. The number of aliphatic carboxylic acids is 4. The smallest absolute Gasteiger partial charge is 0.414 e. The van der Waals surface area contributed by atoms with Gasteiger partial charge >= 0.3 is 23.9 Å². The first kappa shape index (κ1) is 29.3. The molecule has 92 valence electrons. The zero-order chi connectivity index (χ0) is 10.3. The lowest BCUT2D eigenvalue weighted by Crippen LogP contribution is -2.09. The summed E-state index contributed by atoms with van der Waals surface area (Å²) in [6.07, 6.45) is 0. The van der Waals surface area contributed by atoms with Gasteiger partial charge in [-0.15, -0.1) is 0 Å². The Balaban J connectivity index is -0.0000000370. The van der Waals surface area contributed by atoms with E-state index in [2.05, 4.69) is 0 Å². The molecule has 15 heavy (non-hydrogen) atoms. The van der Waals surface area contributed by atoms with Crippen LogP contribution in [0.25, 0.3) is 0 Å². The van der Waals surface area contributed by atoms with E-state index in [1.807, 2.05) is 0 Å². The summed E-state index contributed by atoms with van der Waals surface area (Å²) in [5, 5.41) is 29.6. The van der Waals surface area contributed by atoms with Gasteiger partial charge in [-0.1, -0.05) is 0 Å². The van der Waals surface area contributed by atoms with Crippen LogP contribution in [0.15, 0.2) is 0 Å². The van der Waals surface area contributed by atoms with Gasteiger partial charge in [-0.25, -0.2) is 19.2 Å². The number of hydrogen-bond acceptors (Lipinski definition) is 7. The van der Waals surface area contributed by atoms with Gasteiger partial charge in [-0.2, -0.15) is 0 Å². The topological polar surface area (TPSA) is 254 Å². The summed E-state index contributed by atoms with van der Waals surface area (Å²) in [6.45, 7) is 0. The van der Waals surface area contributed by atoms with Crippen molar-refractivity contribution < 1.29 is 39.6 Å². The monoisotopic (exact) mass is 231 g/mol. The molecule has 0 heterocycles. The standard InChI is InChI=1S/2C2H2O4.3H3N/c2*3-1(4)2(5)6;;;/h2*(H,3,4)(H,5,6);3*1H3. The van der Waals surface area contributed by atoms with Crippen molar-refractivity contribution in [3.8, 4) is 0 Å². The van der Waals surface area contributed by atoms with Crippen molar-refractivity contribution in [3.05, 3.63) is 0 Å². The van der Waals surface area contributed by atoms with E-state index >= 15 is 0 Å². The molecule has 13 N–H and O–H groups in total. The Bertz CT molecular complexity index is 178. The minimum atomic E-state index is -1.82. The molecule has 0 saturated carbocycles. The molecule has 0 unspecified atom stereocenters. The molecular weight excluding hydrogens is 218 g/mol. The molecule has 0 saturated heterocycles. The summed E-state index contributed by atoms with van der Waals surface area (Å²) in [5.74, 6) is -7.30. The second kappa shape index (κ2) is 14.3. The predicted molar refractivity (Wildman–Crippen MR) is 45.6 cm³/mol. The van der Waals surface area contributed by atoms with Gasteiger partial charge in [0, 0.05) is 0 Å². The summed E-state index contributed by atoms with van der Waals surface area (Å²) in [5.41, 5.74) is 0. The van der Waals surface area contributed by atoms with Gasteiger partial charge in [0.1, 0.15) is 0 Å². The van der Waals surface area contributed by atoms with Crippen molar-refractivity contribution in [1.29, 1.82) is 0 Å². The van der Waals surface area contributed by atoms with Gasteiger partial charge in [0.15, 0.2) is 0 Å². The molecule has 11 nitrogen and oxygen atoms in total. The van der Waals surface area contributed by atoms with Gasteiger partial charge in [0.05, 0.1) is 0 Å². The van der Waals surface area contributed by atoms with Crippen LogP contribution in [-0.2, 0) is 19.2 Å². The summed E-state index contributed by atoms with van der Waals surface area (Å²) in [4.78, 5) is 36.4. The lowest BCUT2D eigenvalue weighted by atomic mass is 10.7. The third-order valence-corrected chi connectivity index (χ3v) is 0.366. The fraction of sp³-hybridized carbons (Fsp3) is 0. The minimum absolute atomic E-state index is 0. The summed E-state index contributed by atoms with van der Waals surface area (Å²) >= 11 is 0. The molecule has 0 spiro atoms. The van der Waals surface area contributed by atoms with Crippen molar-refractivity contribution in [1.82, 2.24) is 18.5 Å². The highest BCUT2D eigenvalue weighted by Crippen LogP contribution is 1.56. The Morgan fingerprint density at radius 1 is 0.467 bits per heavy atom. The molecule has 0 aliphatic rings. The molecule has 0 aliphatic carbocycles.